The van der Waals surface area contributed by atoms with Crippen LogP contribution >= 0.6 is 15.9 Å². The first-order valence-electron chi connectivity index (χ1n) is 6.45. The molecule has 0 heterocycles. The van der Waals surface area contributed by atoms with Crippen LogP contribution in [-0.4, -0.2) is 13.2 Å². The molecule has 0 spiro atoms. The highest BCUT2D eigenvalue weighted by molar-refractivity contribution is 9.10. The molecule has 0 amide bonds. The van der Waals surface area contributed by atoms with Crippen LogP contribution in [-0.2, 0) is 6.54 Å². The van der Waals surface area contributed by atoms with Crippen LogP contribution in [0, 0.1) is 0 Å². The third-order valence-electron chi connectivity index (χ3n) is 3.55. The number of benzene rings is 1. The maximum atomic E-state index is 5.24. The van der Waals surface area contributed by atoms with Crippen molar-refractivity contribution in [2.45, 2.75) is 44.7 Å². The van der Waals surface area contributed by atoms with Crippen LogP contribution in [0.3, 0.4) is 0 Å². The summed E-state index contributed by atoms with van der Waals surface area (Å²) in [5, 5.41) is 2.49. The van der Waals surface area contributed by atoms with Gasteiger partial charge in [-0.05, 0) is 59.8 Å². The lowest BCUT2D eigenvalue weighted by Crippen LogP contribution is -2.88. The summed E-state index contributed by atoms with van der Waals surface area (Å²) >= 11 is 3.53. The molecule has 2 N–H and O–H groups in total. The van der Waals surface area contributed by atoms with Gasteiger partial charge in [-0.25, -0.2) is 0 Å². The smallest absolute Gasteiger partial charge is 0.133 e. The molecule has 2 nitrogen and oxygen atoms in total. The van der Waals surface area contributed by atoms with Gasteiger partial charge in [-0.3, -0.25) is 0 Å². The molecule has 2 rings (SSSR count). The van der Waals surface area contributed by atoms with E-state index in [2.05, 4.69) is 33.4 Å². The van der Waals surface area contributed by atoms with Gasteiger partial charge in [0.1, 0.15) is 12.3 Å². The number of methoxy groups -OCH3 is 1. The molecule has 94 valence electrons. The fourth-order valence-corrected chi connectivity index (χ4v) is 3.10. The van der Waals surface area contributed by atoms with Crippen LogP contribution in [0.4, 0.5) is 0 Å². The first-order chi connectivity index (χ1) is 8.29. The van der Waals surface area contributed by atoms with Gasteiger partial charge in [0.15, 0.2) is 0 Å². The summed E-state index contributed by atoms with van der Waals surface area (Å²) in [5.41, 5.74) is 1.36. The molecule has 1 aromatic rings. The second-order valence-corrected chi connectivity index (χ2v) is 5.66. The molecule has 1 aliphatic rings. The van der Waals surface area contributed by atoms with E-state index >= 15 is 0 Å². The number of nitrogens with two attached hydrogens (primary N) is 1. The Labute approximate surface area is 112 Å². The molecule has 3 heteroatoms. The SMILES string of the molecule is COc1ccc(C[NH2+]C2CCCCC2)cc1Br. The molecule has 0 unspecified atom stereocenters. The Kier molecular flexibility index (Phi) is 4.86. The number of rotatable bonds is 4. The van der Waals surface area contributed by atoms with E-state index in [4.69, 9.17) is 4.74 Å². The lowest BCUT2D eigenvalue weighted by Gasteiger charge is -2.19. The molecule has 1 aliphatic carbocycles. The summed E-state index contributed by atoms with van der Waals surface area (Å²) in [6.07, 6.45) is 7.02. The van der Waals surface area contributed by atoms with E-state index in [1.807, 2.05) is 6.07 Å². The second kappa shape index (κ2) is 6.41. The fourth-order valence-electron chi connectivity index (χ4n) is 2.51. The summed E-state index contributed by atoms with van der Waals surface area (Å²) in [6.45, 7) is 1.08. The van der Waals surface area contributed by atoms with E-state index in [-0.39, 0.29) is 0 Å². The number of quaternary nitrogens is 1. The van der Waals surface area contributed by atoms with E-state index < -0.39 is 0 Å². The molecule has 0 atom stereocenters. The zero-order valence-corrected chi connectivity index (χ0v) is 12.0. The molecular formula is C14H21BrNO+. The monoisotopic (exact) mass is 298 g/mol. The number of ether oxygens (including phenoxy) is 1. The minimum atomic E-state index is 0.838. The molecular weight excluding hydrogens is 278 g/mol. The number of halogens is 1. The van der Waals surface area contributed by atoms with Gasteiger partial charge in [0.25, 0.3) is 0 Å². The topological polar surface area (TPSA) is 25.8 Å². The summed E-state index contributed by atoms with van der Waals surface area (Å²) in [5.74, 6) is 0.909. The van der Waals surface area contributed by atoms with Crippen molar-refractivity contribution in [2.75, 3.05) is 7.11 Å². The van der Waals surface area contributed by atoms with Gasteiger partial charge in [-0.2, -0.15) is 0 Å². The van der Waals surface area contributed by atoms with E-state index in [1.54, 1.807) is 7.11 Å². The van der Waals surface area contributed by atoms with E-state index in [0.29, 0.717) is 0 Å². The average Bonchev–Trinajstić information content (AvgIpc) is 2.38. The second-order valence-electron chi connectivity index (χ2n) is 4.81. The van der Waals surface area contributed by atoms with Gasteiger partial charge in [-0.1, -0.05) is 6.42 Å². The minimum absolute atomic E-state index is 0.838. The highest BCUT2D eigenvalue weighted by atomic mass is 79.9. The molecule has 0 radical (unpaired) electrons. The van der Waals surface area contributed by atoms with Gasteiger partial charge < -0.3 is 10.1 Å². The Morgan fingerprint density at radius 3 is 2.71 bits per heavy atom. The molecule has 0 saturated heterocycles. The van der Waals surface area contributed by atoms with E-state index in [9.17, 15) is 0 Å². The van der Waals surface area contributed by atoms with Crippen molar-refractivity contribution >= 4 is 15.9 Å². The van der Waals surface area contributed by atoms with Crippen LogP contribution < -0.4 is 10.1 Å². The normalized spacial score (nSPS) is 17.1. The lowest BCUT2D eigenvalue weighted by molar-refractivity contribution is -0.706. The van der Waals surface area contributed by atoms with Crippen molar-refractivity contribution in [2.24, 2.45) is 0 Å². The Morgan fingerprint density at radius 1 is 1.29 bits per heavy atom. The maximum absolute atomic E-state index is 5.24. The van der Waals surface area contributed by atoms with Crippen LogP contribution in [0.15, 0.2) is 22.7 Å². The van der Waals surface area contributed by atoms with E-state index in [1.165, 1.54) is 37.7 Å². The maximum Gasteiger partial charge on any atom is 0.133 e. The average molecular weight is 299 g/mol. The minimum Gasteiger partial charge on any atom is -0.496 e. The van der Waals surface area contributed by atoms with E-state index in [0.717, 1.165) is 22.8 Å². The zero-order valence-electron chi connectivity index (χ0n) is 10.4. The first-order valence-corrected chi connectivity index (χ1v) is 7.24. The van der Waals surface area contributed by atoms with Crippen molar-refractivity contribution in [3.8, 4) is 5.75 Å². The first kappa shape index (κ1) is 12.9. The lowest BCUT2D eigenvalue weighted by atomic mass is 9.95. The predicted octanol–water partition coefficient (Wildman–Crippen LogP) is 2.85. The van der Waals surface area contributed by atoms with Crippen LogP contribution in [0.5, 0.6) is 5.75 Å². The quantitative estimate of drug-likeness (QED) is 0.909. The Bertz CT molecular complexity index is 361. The molecule has 17 heavy (non-hydrogen) atoms. The molecule has 1 fully saturated rings. The van der Waals surface area contributed by atoms with Gasteiger partial charge >= 0.3 is 0 Å². The van der Waals surface area contributed by atoms with Crippen LogP contribution in [0.25, 0.3) is 0 Å². The molecule has 1 saturated carbocycles. The van der Waals surface area contributed by atoms with Crippen LogP contribution in [0.1, 0.15) is 37.7 Å². The largest absolute Gasteiger partial charge is 0.496 e. The summed E-state index contributed by atoms with van der Waals surface area (Å²) in [6, 6.07) is 7.19. The Balaban J connectivity index is 1.87. The Hall–Kier alpha value is -0.540. The summed E-state index contributed by atoms with van der Waals surface area (Å²) in [4.78, 5) is 0. The highest BCUT2D eigenvalue weighted by Crippen LogP contribution is 2.25. The van der Waals surface area contributed by atoms with Gasteiger partial charge in [0.2, 0.25) is 0 Å². The summed E-state index contributed by atoms with van der Waals surface area (Å²) < 4.78 is 6.29. The van der Waals surface area contributed by atoms with Crippen molar-refractivity contribution in [3.05, 3.63) is 28.2 Å². The molecule has 0 aliphatic heterocycles. The van der Waals surface area contributed by atoms with Crippen molar-refractivity contribution in [1.82, 2.24) is 0 Å². The van der Waals surface area contributed by atoms with Crippen molar-refractivity contribution < 1.29 is 10.1 Å². The van der Waals surface area contributed by atoms with Gasteiger partial charge in [0.05, 0.1) is 17.6 Å². The number of hydrogen-bond donors (Lipinski definition) is 1. The third-order valence-corrected chi connectivity index (χ3v) is 4.17. The molecule has 1 aromatic carbocycles. The highest BCUT2D eigenvalue weighted by Gasteiger charge is 2.15. The summed E-state index contributed by atoms with van der Waals surface area (Å²) in [7, 11) is 1.70. The third kappa shape index (κ3) is 3.71. The zero-order chi connectivity index (χ0) is 12.1. The fraction of sp³-hybridized carbons (Fsp3) is 0.571. The predicted molar refractivity (Wildman–Crippen MR) is 73.2 cm³/mol. The van der Waals surface area contributed by atoms with Crippen molar-refractivity contribution in [3.63, 3.8) is 0 Å². The van der Waals surface area contributed by atoms with Crippen molar-refractivity contribution in [1.29, 1.82) is 0 Å². The van der Waals surface area contributed by atoms with Gasteiger partial charge in [-0.15, -0.1) is 0 Å². The molecule has 0 bridgehead atoms. The van der Waals surface area contributed by atoms with Crippen LogP contribution in [0.2, 0.25) is 0 Å². The number of hydrogen-bond acceptors (Lipinski definition) is 1. The molecule has 0 aromatic heterocycles. The van der Waals surface area contributed by atoms with Gasteiger partial charge in [0, 0.05) is 5.56 Å². The standard InChI is InChI=1S/C14H20BrNO/c1-17-14-8-7-11(9-13(14)15)10-16-12-5-3-2-4-6-12/h7-9,12,16H,2-6,10H2,1H3/p+1. The Morgan fingerprint density at radius 2 is 2.06 bits per heavy atom.